The number of thioether (sulfide) groups is 1. The first-order chi connectivity index (χ1) is 18.9. The summed E-state index contributed by atoms with van der Waals surface area (Å²) in [7, 11) is 0. The second kappa shape index (κ2) is 11.6. The first-order valence-electron chi connectivity index (χ1n) is 12.7. The molecule has 1 heterocycles. The van der Waals surface area contributed by atoms with Crippen LogP contribution < -0.4 is 10.1 Å². The summed E-state index contributed by atoms with van der Waals surface area (Å²) in [6.07, 6.45) is 1.70. The molecule has 1 saturated heterocycles. The Morgan fingerprint density at radius 1 is 0.923 bits per heavy atom. The zero-order valence-electron chi connectivity index (χ0n) is 21.7. The number of hydrogen-bond acceptors (Lipinski definition) is 5. The molecule has 0 aromatic heterocycles. The summed E-state index contributed by atoms with van der Waals surface area (Å²) in [6, 6.07) is 28.7. The second-order valence-electron chi connectivity index (χ2n) is 9.60. The normalized spacial score (nSPS) is 14.4. The van der Waals surface area contributed by atoms with E-state index in [1.165, 1.54) is 4.90 Å². The molecular formula is C32H28N2O4S. The standard InChI is InChI=1S/C32H28N2O4S/c1-21(2)27-9-5-6-10-28(27)33-30(35)20-38-26-15-12-22(13-16-26)18-29-31(36)34(32(37)39-29)19-23-11-14-24-7-3-4-8-25(24)17-23/h3-18,21H,19-20H2,1-2H3,(H,33,35)/b29-18-. The van der Waals surface area contributed by atoms with Gasteiger partial charge in [0.15, 0.2) is 6.61 Å². The van der Waals surface area contributed by atoms with E-state index in [1.54, 1.807) is 30.3 Å². The minimum Gasteiger partial charge on any atom is -0.484 e. The molecule has 0 saturated carbocycles. The van der Waals surface area contributed by atoms with Crippen molar-refractivity contribution in [2.75, 3.05) is 11.9 Å². The van der Waals surface area contributed by atoms with E-state index in [9.17, 15) is 14.4 Å². The van der Waals surface area contributed by atoms with Crippen molar-refractivity contribution in [2.45, 2.75) is 26.3 Å². The van der Waals surface area contributed by atoms with E-state index < -0.39 is 0 Å². The number of anilines is 1. The van der Waals surface area contributed by atoms with E-state index in [1.807, 2.05) is 66.7 Å². The number of fused-ring (bicyclic) bond motifs is 1. The van der Waals surface area contributed by atoms with Crippen molar-refractivity contribution in [3.63, 3.8) is 0 Å². The molecule has 4 aromatic carbocycles. The molecule has 0 radical (unpaired) electrons. The number of nitrogens with zero attached hydrogens (tertiary/aromatic N) is 1. The molecule has 39 heavy (non-hydrogen) atoms. The summed E-state index contributed by atoms with van der Waals surface area (Å²) in [5, 5.41) is 4.80. The highest BCUT2D eigenvalue weighted by atomic mass is 32.2. The van der Waals surface area contributed by atoms with Crippen LogP contribution in [-0.4, -0.2) is 28.6 Å². The Balaban J connectivity index is 1.19. The summed E-state index contributed by atoms with van der Waals surface area (Å²) in [6.45, 7) is 4.26. The Morgan fingerprint density at radius 2 is 1.64 bits per heavy atom. The highest BCUT2D eigenvalue weighted by Crippen LogP contribution is 2.34. The monoisotopic (exact) mass is 536 g/mol. The van der Waals surface area contributed by atoms with Crippen molar-refractivity contribution in [1.82, 2.24) is 4.90 Å². The summed E-state index contributed by atoms with van der Waals surface area (Å²) in [5.41, 5.74) is 3.51. The van der Waals surface area contributed by atoms with E-state index in [0.717, 1.165) is 44.9 Å². The van der Waals surface area contributed by atoms with Crippen LogP contribution in [0.3, 0.4) is 0 Å². The van der Waals surface area contributed by atoms with E-state index >= 15 is 0 Å². The minimum atomic E-state index is -0.308. The quantitative estimate of drug-likeness (QED) is 0.241. The van der Waals surface area contributed by atoms with Crippen molar-refractivity contribution in [3.05, 3.63) is 113 Å². The van der Waals surface area contributed by atoms with Gasteiger partial charge in [-0.15, -0.1) is 0 Å². The third-order valence-electron chi connectivity index (χ3n) is 6.43. The van der Waals surface area contributed by atoms with Gasteiger partial charge >= 0.3 is 0 Å². The molecule has 3 amide bonds. The van der Waals surface area contributed by atoms with Gasteiger partial charge in [0.1, 0.15) is 5.75 Å². The van der Waals surface area contributed by atoms with Gasteiger partial charge in [-0.2, -0.15) is 0 Å². The average Bonchev–Trinajstić information content (AvgIpc) is 3.20. The van der Waals surface area contributed by atoms with Crippen LogP contribution in [0.1, 0.15) is 36.5 Å². The highest BCUT2D eigenvalue weighted by Gasteiger charge is 2.35. The van der Waals surface area contributed by atoms with E-state index in [0.29, 0.717) is 10.7 Å². The maximum Gasteiger partial charge on any atom is 0.293 e. The lowest BCUT2D eigenvalue weighted by molar-refractivity contribution is -0.123. The number of para-hydroxylation sites is 1. The van der Waals surface area contributed by atoms with E-state index in [4.69, 9.17) is 4.74 Å². The van der Waals surface area contributed by atoms with Crippen molar-refractivity contribution >= 4 is 51.4 Å². The largest absolute Gasteiger partial charge is 0.484 e. The van der Waals surface area contributed by atoms with Gasteiger partial charge in [-0.05, 0) is 75.5 Å². The lowest BCUT2D eigenvalue weighted by atomic mass is 10.0. The van der Waals surface area contributed by atoms with Gasteiger partial charge in [-0.3, -0.25) is 19.3 Å². The number of ether oxygens (including phenoxy) is 1. The van der Waals surface area contributed by atoms with Crippen LogP contribution in [0.2, 0.25) is 0 Å². The molecule has 0 aliphatic carbocycles. The van der Waals surface area contributed by atoms with Gasteiger partial charge < -0.3 is 10.1 Å². The number of amides is 3. The molecule has 1 fully saturated rings. The lowest BCUT2D eigenvalue weighted by Crippen LogP contribution is -2.27. The SMILES string of the molecule is CC(C)c1ccccc1NC(=O)COc1ccc(/C=C2\SC(=O)N(Cc3ccc4ccccc4c3)C2=O)cc1. The van der Waals surface area contributed by atoms with Crippen LogP contribution in [0.4, 0.5) is 10.5 Å². The van der Waals surface area contributed by atoms with Crippen LogP contribution in [0.5, 0.6) is 5.75 Å². The smallest absolute Gasteiger partial charge is 0.293 e. The lowest BCUT2D eigenvalue weighted by Gasteiger charge is -2.14. The van der Waals surface area contributed by atoms with Gasteiger partial charge in [0.2, 0.25) is 0 Å². The molecule has 1 aliphatic rings. The third kappa shape index (κ3) is 6.21. The van der Waals surface area contributed by atoms with Crippen molar-refractivity contribution in [2.24, 2.45) is 0 Å². The molecule has 196 valence electrons. The molecule has 5 rings (SSSR count). The van der Waals surface area contributed by atoms with Crippen LogP contribution in [0, 0.1) is 0 Å². The zero-order chi connectivity index (χ0) is 27.4. The van der Waals surface area contributed by atoms with E-state index in [-0.39, 0.29) is 36.1 Å². The van der Waals surface area contributed by atoms with Crippen molar-refractivity contribution < 1.29 is 19.1 Å². The van der Waals surface area contributed by atoms with Gasteiger partial charge in [0.05, 0.1) is 11.4 Å². The Bertz CT molecular complexity index is 1580. The average molecular weight is 537 g/mol. The summed E-state index contributed by atoms with van der Waals surface area (Å²) in [5.74, 6) is 0.267. The molecular weight excluding hydrogens is 508 g/mol. The number of benzene rings is 4. The number of nitrogens with one attached hydrogen (secondary N) is 1. The van der Waals surface area contributed by atoms with Crippen LogP contribution in [0.15, 0.2) is 95.9 Å². The predicted molar refractivity (Wildman–Crippen MR) is 157 cm³/mol. The molecule has 7 heteroatoms. The Labute approximate surface area is 231 Å². The molecule has 0 unspecified atom stereocenters. The number of imide groups is 1. The summed E-state index contributed by atoms with van der Waals surface area (Å²) in [4.78, 5) is 39.7. The fraction of sp³-hybridized carbons (Fsp3) is 0.156. The Kier molecular flexibility index (Phi) is 7.79. The first kappa shape index (κ1) is 26.3. The van der Waals surface area contributed by atoms with Crippen LogP contribution in [-0.2, 0) is 16.1 Å². The van der Waals surface area contributed by atoms with Gasteiger partial charge in [-0.25, -0.2) is 0 Å². The van der Waals surface area contributed by atoms with Crippen LogP contribution in [0.25, 0.3) is 16.8 Å². The van der Waals surface area contributed by atoms with Crippen molar-refractivity contribution in [1.29, 1.82) is 0 Å². The van der Waals surface area contributed by atoms with Crippen LogP contribution >= 0.6 is 11.8 Å². The highest BCUT2D eigenvalue weighted by molar-refractivity contribution is 8.18. The topological polar surface area (TPSA) is 75.7 Å². The zero-order valence-corrected chi connectivity index (χ0v) is 22.5. The fourth-order valence-corrected chi connectivity index (χ4v) is 5.26. The minimum absolute atomic E-state index is 0.126. The molecule has 1 N–H and O–H groups in total. The molecule has 6 nitrogen and oxygen atoms in total. The summed E-state index contributed by atoms with van der Waals surface area (Å²) < 4.78 is 5.65. The first-order valence-corrected chi connectivity index (χ1v) is 13.5. The van der Waals surface area contributed by atoms with E-state index in [2.05, 4.69) is 19.2 Å². The maximum atomic E-state index is 13.0. The van der Waals surface area contributed by atoms with Gasteiger partial charge in [0.25, 0.3) is 17.1 Å². The fourth-order valence-electron chi connectivity index (χ4n) is 4.42. The molecule has 1 aliphatic heterocycles. The number of carbonyl (C=O) groups excluding carboxylic acids is 3. The van der Waals surface area contributed by atoms with Crippen molar-refractivity contribution in [3.8, 4) is 5.75 Å². The molecule has 0 spiro atoms. The Morgan fingerprint density at radius 3 is 2.41 bits per heavy atom. The number of carbonyl (C=O) groups is 3. The maximum absolute atomic E-state index is 13.0. The number of hydrogen-bond donors (Lipinski definition) is 1. The van der Waals surface area contributed by atoms with Gasteiger partial charge in [0, 0.05) is 5.69 Å². The number of rotatable bonds is 8. The molecule has 0 bridgehead atoms. The van der Waals surface area contributed by atoms with Gasteiger partial charge in [-0.1, -0.05) is 80.6 Å². The Hall–Kier alpha value is -4.36. The predicted octanol–water partition coefficient (Wildman–Crippen LogP) is 7.22. The molecule has 4 aromatic rings. The summed E-state index contributed by atoms with van der Waals surface area (Å²) >= 11 is 0.936. The second-order valence-corrected chi connectivity index (χ2v) is 10.6. The molecule has 0 atom stereocenters. The third-order valence-corrected chi connectivity index (χ3v) is 7.34.